The summed E-state index contributed by atoms with van der Waals surface area (Å²) in [4.78, 5) is 28.5. The quantitative estimate of drug-likeness (QED) is 0.483. The number of hydrogen-bond donors (Lipinski definition) is 3. The van der Waals surface area contributed by atoms with Crippen molar-refractivity contribution in [2.75, 3.05) is 19.6 Å². The molecule has 0 bridgehead atoms. The highest BCUT2D eigenvalue weighted by Crippen LogP contribution is 2.34. The lowest BCUT2D eigenvalue weighted by Crippen LogP contribution is -2.62. The summed E-state index contributed by atoms with van der Waals surface area (Å²) in [6, 6.07) is 5.03. The molecule has 7 nitrogen and oxygen atoms in total. The van der Waals surface area contributed by atoms with E-state index in [1.54, 1.807) is 11.3 Å². The highest BCUT2D eigenvalue weighted by Gasteiger charge is 2.39. The van der Waals surface area contributed by atoms with Gasteiger partial charge in [0.2, 0.25) is 5.91 Å². The number of likely N-dealkylation sites (tertiary alicyclic amines) is 1. The predicted octanol–water partition coefficient (Wildman–Crippen LogP) is 4.67. The van der Waals surface area contributed by atoms with Crippen molar-refractivity contribution in [3.63, 3.8) is 0 Å². The van der Waals surface area contributed by atoms with E-state index >= 15 is 0 Å². The van der Waals surface area contributed by atoms with Gasteiger partial charge in [-0.15, -0.1) is 11.3 Å². The van der Waals surface area contributed by atoms with Gasteiger partial charge in [-0.2, -0.15) is 13.2 Å². The molecule has 1 aromatic heterocycles. The molecule has 0 saturated carbocycles. The van der Waals surface area contributed by atoms with Crippen molar-refractivity contribution >= 4 is 33.4 Å². The molecule has 206 valence electrons. The average Bonchev–Trinajstić information content (AvgIpc) is 3.14. The van der Waals surface area contributed by atoms with Gasteiger partial charge in [0.25, 0.3) is 0 Å². The molecule has 0 aliphatic carbocycles. The van der Waals surface area contributed by atoms with Gasteiger partial charge in [0, 0.05) is 29.1 Å². The second-order valence-electron chi connectivity index (χ2n) is 11.1. The maximum atomic E-state index is 13.4. The molecule has 12 heteroatoms. The summed E-state index contributed by atoms with van der Waals surface area (Å²) in [6.07, 6.45) is -1.21. The van der Waals surface area contributed by atoms with Crippen molar-refractivity contribution in [2.24, 2.45) is 0 Å². The second-order valence-corrected chi connectivity index (χ2v) is 12.1. The fraction of sp³-hybridized carbons (Fsp3) is 0.640. The Morgan fingerprint density at radius 1 is 1.16 bits per heavy atom. The van der Waals surface area contributed by atoms with E-state index in [1.807, 2.05) is 6.07 Å². The summed E-state index contributed by atoms with van der Waals surface area (Å²) in [5, 5.41) is 15.2. The molecule has 1 aromatic carbocycles. The molecule has 0 unspecified atom stereocenters. The lowest BCUT2D eigenvalue weighted by atomic mass is 9.79. The predicted molar refractivity (Wildman–Crippen MR) is 134 cm³/mol. The van der Waals surface area contributed by atoms with Gasteiger partial charge in [-0.1, -0.05) is 0 Å². The average molecular weight is 547 g/mol. The van der Waals surface area contributed by atoms with E-state index in [0.717, 1.165) is 54.0 Å². The minimum absolute atomic E-state index is 0.0260. The number of benzene rings is 1. The van der Waals surface area contributed by atoms with E-state index in [0.29, 0.717) is 12.5 Å². The molecular weight excluding hydrogens is 512 g/mol. The zero-order valence-electron chi connectivity index (χ0n) is 21.4. The van der Waals surface area contributed by atoms with Gasteiger partial charge in [-0.3, -0.25) is 9.69 Å². The number of aromatic nitrogens is 1. The van der Waals surface area contributed by atoms with Crippen LogP contribution in [0.1, 0.15) is 64.3 Å². The monoisotopic (exact) mass is 546 g/mol. The lowest BCUT2D eigenvalue weighted by Gasteiger charge is -2.46. The number of carboxylic acids is 1. The Morgan fingerprint density at radius 2 is 1.73 bits per heavy atom. The molecule has 0 spiro atoms. The third-order valence-corrected chi connectivity index (χ3v) is 7.67. The summed E-state index contributed by atoms with van der Waals surface area (Å²) >= 11 is 1.67. The highest BCUT2D eigenvalue weighted by atomic mass is 32.1. The number of nitrogens with zero attached hydrogens (tertiary/aromatic N) is 2. The van der Waals surface area contributed by atoms with E-state index in [2.05, 4.69) is 48.2 Å². The Bertz CT molecular complexity index is 1100. The first-order valence-corrected chi connectivity index (χ1v) is 13.0. The number of alkyl halides is 3. The maximum absolute atomic E-state index is 13.4. The van der Waals surface area contributed by atoms with Crippen molar-refractivity contribution in [2.45, 2.75) is 82.6 Å². The van der Waals surface area contributed by atoms with Crippen LogP contribution in [0.25, 0.3) is 10.2 Å². The Hall–Kier alpha value is -2.31. The molecule has 2 aromatic rings. The Labute approximate surface area is 217 Å². The van der Waals surface area contributed by atoms with Crippen molar-refractivity contribution in [1.29, 1.82) is 0 Å². The molecule has 0 radical (unpaired) electrons. The molecule has 2 saturated heterocycles. The van der Waals surface area contributed by atoms with Crippen LogP contribution in [0.4, 0.5) is 17.6 Å². The smallest absolute Gasteiger partial charge is 0.475 e. The van der Waals surface area contributed by atoms with Gasteiger partial charge in [0.15, 0.2) is 0 Å². The maximum Gasteiger partial charge on any atom is 0.490 e. The first kappa shape index (κ1) is 29.2. The normalized spacial score (nSPS) is 20.8. The highest BCUT2D eigenvalue weighted by molar-refractivity contribution is 7.18. The second kappa shape index (κ2) is 11.2. The van der Waals surface area contributed by atoms with Crippen LogP contribution in [0.15, 0.2) is 18.2 Å². The summed E-state index contributed by atoms with van der Waals surface area (Å²) in [5.74, 6) is -2.47. The molecule has 4 rings (SSSR count). The first-order valence-electron chi connectivity index (χ1n) is 12.2. The zero-order valence-corrected chi connectivity index (χ0v) is 22.2. The van der Waals surface area contributed by atoms with Crippen LogP contribution < -0.4 is 10.6 Å². The number of nitrogens with one attached hydrogen (secondary N) is 2. The summed E-state index contributed by atoms with van der Waals surface area (Å²) in [7, 11) is 0. The summed E-state index contributed by atoms with van der Waals surface area (Å²) < 4.78 is 46.2. The van der Waals surface area contributed by atoms with Crippen LogP contribution in [0.5, 0.6) is 0 Å². The fourth-order valence-electron chi connectivity index (χ4n) is 5.33. The third kappa shape index (κ3) is 8.61. The summed E-state index contributed by atoms with van der Waals surface area (Å²) in [5.41, 5.74) is 0.806. The van der Waals surface area contributed by atoms with Crippen LogP contribution in [-0.2, 0) is 9.59 Å². The number of fused-ring (bicyclic) bond motifs is 1. The number of thiazole rings is 1. The topological polar surface area (TPSA) is 94.6 Å². The van der Waals surface area contributed by atoms with Gasteiger partial charge in [0.05, 0.1) is 21.8 Å². The van der Waals surface area contributed by atoms with Crippen LogP contribution in [0, 0.1) is 5.82 Å². The minimum Gasteiger partial charge on any atom is -0.475 e. The number of amides is 1. The van der Waals surface area contributed by atoms with Crippen LogP contribution in [0.3, 0.4) is 0 Å². The van der Waals surface area contributed by atoms with Crippen molar-refractivity contribution in [3.8, 4) is 0 Å². The van der Waals surface area contributed by atoms with E-state index in [1.165, 1.54) is 12.1 Å². The molecule has 0 atom stereocenters. The van der Waals surface area contributed by atoms with Crippen LogP contribution in [-0.4, -0.2) is 69.8 Å². The van der Waals surface area contributed by atoms with Crippen LogP contribution in [0.2, 0.25) is 0 Å². The SMILES string of the molecule is CC1(C)CC(NC(=O)CN2CCC(c3nc4cc(F)ccc4s3)CC2)CC(C)(C)N1.O=C(O)C(F)(F)F. The number of hydrogen-bond acceptors (Lipinski definition) is 6. The number of halogens is 4. The largest absolute Gasteiger partial charge is 0.490 e. The Kier molecular flexibility index (Phi) is 8.86. The van der Waals surface area contributed by atoms with Crippen LogP contribution >= 0.6 is 11.3 Å². The fourth-order valence-corrected chi connectivity index (χ4v) is 6.45. The van der Waals surface area contributed by atoms with Crippen molar-refractivity contribution in [1.82, 2.24) is 20.5 Å². The third-order valence-electron chi connectivity index (χ3n) is 6.47. The van der Waals surface area contributed by atoms with E-state index < -0.39 is 12.1 Å². The van der Waals surface area contributed by atoms with Gasteiger partial charge in [-0.25, -0.2) is 14.2 Å². The van der Waals surface area contributed by atoms with Gasteiger partial charge in [-0.05, 0) is 78.6 Å². The molecule has 2 aliphatic heterocycles. The van der Waals surface area contributed by atoms with Gasteiger partial charge in [0.1, 0.15) is 5.82 Å². The Morgan fingerprint density at radius 3 is 2.27 bits per heavy atom. The molecule has 1 amide bonds. The molecule has 3 heterocycles. The zero-order chi connectivity index (χ0) is 27.6. The number of carboxylic acid groups (broad SMARTS) is 1. The van der Waals surface area contributed by atoms with Crippen molar-refractivity contribution in [3.05, 3.63) is 29.0 Å². The molecule has 37 heavy (non-hydrogen) atoms. The molecular formula is C25H34F4N4O3S. The number of piperidine rings is 2. The van der Waals surface area contributed by atoms with E-state index in [9.17, 15) is 22.4 Å². The van der Waals surface area contributed by atoms with E-state index in [4.69, 9.17) is 9.90 Å². The summed E-state index contributed by atoms with van der Waals surface area (Å²) in [6.45, 7) is 11.1. The first-order chi connectivity index (χ1) is 17.0. The molecule has 2 aliphatic rings. The number of carbonyl (C=O) groups excluding carboxylic acids is 1. The number of carbonyl (C=O) groups is 2. The van der Waals surface area contributed by atoms with Gasteiger partial charge >= 0.3 is 12.1 Å². The van der Waals surface area contributed by atoms with E-state index in [-0.39, 0.29) is 28.8 Å². The minimum atomic E-state index is -5.08. The number of aliphatic carboxylic acids is 1. The Balaban J connectivity index is 0.000000479. The molecule has 2 fully saturated rings. The lowest BCUT2D eigenvalue weighted by molar-refractivity contribution is -0.192. The standard InChI is InChI=1S/C23H33FN4OS.C2HF3O2/c1-22(2)12-17(13-23(3,4)27-22)25-20(29)14-28-9-7-15(8-10-28)21-26-18-11-16(24)5-6-19(18)30-21;3-2(4,5)1(6)7/h5-6,11,15,17,27H,7-10,12-14H2,1-4H3,(H,25,29);(H,6,7). The number of rotatable bonds is 4. The van der Waals surface area contributed by atoms with Gasteiger partial charge < -0.3 is 15.7 Å². The molecule has 3 N–H and O–H groups in total. The van der Waals surface area contributed by atoms with Crippen molar-refractivity contribution < 1.29 is 32.3 Å².